The number of likely N-dealkylation sites (tertiary alicyclic amines) is 1. The predicted octanol–water partition coefficient (Wildman–Crippen LogP) is 2.47. The van der Waals surface area contributed by atoms with Crippen molar-refractivity contribution in [2.24, 2.45) is 0 Å². The van der Waals surface area contributed by atoms with E-state index in [1.54, 1.807) is 0 Å². The molecule has 1 heterocycles. The molecule has 0 aromatic heterocycles. The first-order valence-corrected chi connectivity index (χ1v) is 5.62. The Kier molecular flexibility index (Phi) is 3.39. The molecule has 0 amide bonds. The zero-order valence-corrected chi connectivity index (χ0v) is 9.34. The molecule has 1 fully saturated rings. The van der Waals surface area contributed by atoms with E-state index in [4.69, 9.17) is 0 Å². The molecule has 0 aliphatic carbocycles. The van der Waals surface area contributed by atoms with Crippen LogP contribution in [0.3, 0.4) is 0 Å². The summed E-state index contributed by atoms with van der Waals surface area (Å²) in [5, 5.41) is 3.13. The summed E-state index contributed by atoms with van der Waals surface area (Å²) in [7, 11) is 0. The van der Waals surface area contributed by atoms with Crippen LogP contribution in [0.5, 0.6) is 0 Å². The molecule has 88 valence electrons. The lowest BCUT2D eigenvalue weighted by atomic mass is 10.1. The Labute approximate surface area is 94.3 Å². The number of hydrogen-bond acceptors (Lipinski definition) is 2. The minimum absolute atomic E-state index is 0.313. The quantitative estimate of drug-likeness (QED) is 0.848. The molecule has 1 aliphatic heterocycles. The topological polar surface area (TPSA) is 15.3 Å². The van der Waals surface area contributed by atoms with Gasteiger partial charge in [0, 0.05) is 24.8 Å². The summed E-state index contributed by atoms with van der Waals surface area (Å²) in [6.07, 6.45) is 1.14. The van der Waals surface area contributed by atoms with Gasteiger partial charge >= 0.3 is 0 Å². The number of rotatable bonds is 4. The normalized spacial score (nSPS) is 17.2. The van der Waals surface area contributed by atoms with Crippen molar-refractivity contribution in [3.63, 3.8) is 0 Å². The molecule has 1 aromatic rings. The second-order valence-corrected chi connectivity index (χ2v) is 4.26. The lowest BCUT2D eigenvalue weighted by Gasteiger charge is -2.40. The zero-order valence-electron chi connectivity index (χ0n) is 9.34. The third-order valence-electron chi connectivity index (χ3n) is 2.73. The molecule has 2 nitrogen and oxygen atoms in total. The van der Waals surface area contributed by atoms with Crippen LogP contribution >= 0.6 is 0 Å². The van der Waals surface area contributed by atoms with E-state index in [0.717, 1.165) is 32.1 Å². The van der Waals surface area contributed by atoms with Gasteiger partial charge in [-0.15, -0.1) is 0 Å². The van der Waals surface area contributed by atoms with Crippen molar-refractivity contribution in [3.8, 4) is 0 Å². The third-order valence-corrected chi connectivity index (χ3v) is 2.73. The fourth-order valence-corrected chi connectivity index (χ4v) is 2.03. The van der Waals surface area contributed by atoms with E-state index in [1.165, 1.54) is 12.1 Å². The van der Waals surface area contributed by atoms with Crippen molar-refractivity contribution in [1.29, 1.82) is 0 Å². The number of hydrogen-bond donors (Lipinski definition) is 1. The van der Waals surface area contributed by atoms with Crippen molar-refractivity contribution < 1.29 is 8.78 Å². The highest BCUT2D eigenvalue weighted by Crippen LogP contribution is 2.17. The van der Waals surface area contributed by atoms with Gasteiger partial charge in [0.25, 0.3) is 0 Å². The van der Waals surface area contributed by atoms with Crippen molar-refractivity contribution in [3.05, 3.63) is 29.8 Å². The Hall–Kier alpha value is -1.16. The standard InChI is InChI=1S/C12H16F2N2/c1-2-3-16-7-12(8-16)15-11-5-9(13)4-10(14)6-11/h4-6,12,15H,2-3,7-8H2,1H3. The number of benzene rings is 1. The molecule has 0 radical (unpaired) electrons. The first-order valence-electron chi connectivity index (χ1n) is 5.62. The molecular formula is C12H16F2N2. The Morgan fingerprint density at radius 3 is 2.44 bits per heavy atom. The minimum Gasteiger partial charge on any atom is -0.380 e. The summed E-state index contributed by atoms with van der Waals surface area (Å²) in [5.41, 5.74) is 0.527. The highest BCUT2D eigenvalue weighted by Gasteiger charge is 2.25. The summed E-state index contributed by atoms with van der Waals surface area (Å²) < 4.78 is 25.8. The molecule has 1 aliphatic rings. The lowest BCUT2D eigenvalue weighted by molar-refractivity contribution is 0.162. The van der Waals surface area contributed by atoms with Crippen LogP contribution in [0.1, 0.15) is 13.3 Å². The number of nitrogens with zero attached hydrogens (tertiary/aromatic N) is 1. The summed E-state index contributed by atoms with van der Waals surface area (Å²) in [6, 6.07) is 3.85. The van der Waals surface area contributed by atoms with Gasteiger partial charge in [0.05, 0.1) is 6.04 Å². The fraction of sp³-hybridized carbons (Fsp3) is 0.500. The van der Waals surface area contributed by atoms with Crippen molar-refractivity contribution in [2.75, 3.05) is 25.0 Å². The summed E-state index contributed by atoms with van der Waals surface area (Å²) >= 11 is 0. The smallest absolute Gasteiger partial charge is 0.128 e. The summed E-state index contributed by atoms with van der Waals surface area (Å²) in [5.74, 6) is -1.07. The van der Waals surface area contributed by atoms with Crippen LogP contribution in [0.4, 0.5) is 14.5 Å². The van der Waals surface area contributed by atoms with Gasteiger partial charge < -0.3 is 5.32 Å². The first kappa shape index (κ1) is 11.3. The van der Waals surface area contributed by atoms with Crippen LogP contribution in [0.2, 0.25) is 0 Å². The SMILES string of the molecule is CCCN1CC(Nc2cc(F)cc(F)c2)C1. The molecule has 1 saturated heterocycles. The Morgan fingerprint density at radius 1 is 1.25 bits per heavy atom. The van der Waals surface area contributed by atoms with Gasteiger partial charge in [-0.3, -0.25) is 4.90 Å². The van der Waals surface area contributed by atoms with Crippen LogP contribution in [0.15, 0.2) is 18.2 Å². The van der Waals surface area contributed by atoms with Crippen molar-refractivity contribution in [2.45, 2.75) is 19.4 Å². The van der Waals surface area contributed by atoms with Crippen LogP contribution in [0, 0.1) is 11.6 Å². The van der Waals surface area contributed by atoms with Crippen molar-refractivity contribution >= 4 is 5.69 Å². The molecule has 0 unspecified atom stereocenters. The average Bonchev–Trinajstić information content (AvgIpc) is 2.13. The Bertz CT molecular complexity index is 342. The monoisotopic (exact) mass is 226 g/mol. The Balaban J connectivity index is 1.86. The average molecular weight is 226 g/mol. The molecular weight excluding hydrogens is 210 g/mol. The molecule has 2 rings (SSSR count). The van der Waals surface area contributed by atoms with E-state index < -0.39 is 11.6 Å². The molecule has 16 heavy (non-hydrogen) atoms. The Morgan fingerprint density at radius 2 is 1.88 bits per heavy atom. The lowest BCUT2D eigenvalue weighted by Crippen LogP contribution is -2.54. The van der Waals surface area contributed by atoms with E-state index in [0.29, 0.717) is 11.7 Å². The van der Waals surface area contributed by atoms with Crippen LogP contribution < -0.4 is 5.32 Å². The summed E-state index contributed by atoms with van der Waals surface area (Å²) in [4.78, 5) is 2.31. The van der Waals surface area contributed by atoms with Crippen LogP contribution in [-0.2, 0) is 0 Å². The van der Waals surface area contributed by atoms with Gasteiger partial charge in [0.15, 0.2) is 0 Å². The summed E-state index contributed by atoms with van der Waals surface area (Å²) in [6.45, 7) is 5.14. The van der Waals surface area contributed by atoms with Gasteiger partial charge in [-0.1, -0.05) is 6.92 Å². The van der Waals surface area contributed by atoms with Gasteiger partial charge in [-0.05, 0) is 25.1 Å². The molecule has 4 heteroatoms. The number of anilines is 1. The van der Waals surface area contributed by atoms with E-state index in [-0.39, 0.29) is 0 Å². The van der Waals surface area contributed by atoms with E-state index in [9.17, 15) is 8.78 Å². The second-order valence-electron chi connectivity index (χ2n) is 4.26. The zero-order chi connectivity index (χ0) is 11.5. The highest BCUT2D eigenvalue weighted by molar-refractivity contribution is 5.45. The van der Waals surface area contributed by atoms with E-state index in [2.05, 4.69) is 17.1 Å². The molecule has 0 saturated carbocycles. The van der Waals surface area contributed by atoms with Gasteiger partial charge in [0.1, 0.15) is 11.6 Å². The maximum absolute atomic E-state index is 12.9. The predicted molar refractivity (Wildman–Crippen MR) is 60.5 cm³/mol. The maximum Gasteiger partial charge on any atom is 0.128 e. The third kappa shape index (κ3) is 2.70. The van der Waals surface area contributed by atoms with Gasteiger partial charge in [0.2, 0.25) is 0 Å². The van der Waals surface area contributed by atoms with Crippen LogP contribution in [0.25, 0.3) is 0 Å². The molecule has 0 atom stereocenters. The van der Waals surface area contributed by atoms with E-state index >= 15 is 0 Å². The van der Waals surface area contributed by atoms with E-state index in [1.807, 2.05) is 0 Å². The maximum atomic E-state index is 12.9. The van der Waals surface area contributed by atoms with Crippen LogP contribution in [-0.4, -0.2) is 30.6 Å². The molecule has 1 aromatic carbocycles. The molecule has 0 bridgehead atoms. The largest absolute Gasteiger partial charge is 0.380 e. The molecule has 0 spiro atoms. The number of halogens is 2. The van der Waals surface area contributed by atoms with Crippen molar-refractivity contribution in [1.82, 2.24) is 4.90 Å². The highest BCUT2D eigenvalue weighted by atomic mass is 19.1. The first-order chi connectivity index (χ1) is 7.67. The minimum atomic E-state index is -0.535. The second kappa shape index (κ2) is 4.78. The van der Waals surface area contributed by atoms with Gasteiger partial charge in [-0.2, -0.15) is 0 Å². The molecule has 1 N–H and O–H groups in total. The number of nitrogens with one attached hydrogen (secondary N) is 1. The van der Waals surface area contributed by atoms with Gasteiger partial charge in [-0.25, -0.2) is 8.78 Å². The fourth-order valence-electron chi connectivity index (χ4n) is 2.03.